The third-order valence-corrected chi connectivity index (χ3v) is 3.36. The molecular weight excluding hydrogens is 282 g/mol. The summed E-state index contributed by atoms with van der Waals surface area (Å²) in [6, 6.07) is 6.12. The zero-order chi connectivity index (χ0) is 16.1. The molecule has 2 aromatic rings. The molecule has 1 unspecified atom stereocenters. The van der Waals surface area contributed by atoms with Crippen LogP contribution in [0.2, 0.25) is 0 Å². The quantitative estimate of drug-likeness (QED) is 0.610. The van der Waals surface area contributed by atoms with Crippen molar-refractivity contribution in [2.24, 2.45) is 0 Å². The average molecular weight is 303 g/mol. The van der Waals surface area contributed by atoms with E-state index in [1.54, 1.807) is 6.07 Å². The van der Waals surface area contributed by atoms with Gasteiger partial charge in [-0.2, -0.15) is 0 Å². The van der Waals surface area contributed by atoms with E-state index in [4.69, 9.17) is 0 Å². The highest BCUT2D eigenvalue weighted by Gasteiger charge is 2.11. The maximum absolute atomic E-state index is 10.2. The fourth-order valence-electron chi connectivity index (χ4n) is 2.05. The van der Waals surface area contributed by atoms with Crippen molar-refractivity contribution in [1.29, 1.82) is 0 Å². The van der Waals surface area contributed by atoms with Crippen LogP contribution in [-0.4, -0.2) is 31.8 Å². The van der Waals surface area contributed by atoms with E-state index in [1.807, 2.05) is 19.9 Å². The fourth-order valence-corrected chi connectivity index (χ4v) is 2.05. The fraction of sp³-hybridized carbons (Fsp3) is 0.375. The highest BCUT2D eigenvalue weighted by molar-refractivity contribution is 5.42. The van der Waals surface area contributed by atoms with Crippen LogP contribution in [0, 0.1) is 0 Å². The molecule has 0 aliphatic carbocycles. The van der Waals surface area contributed by atoms with Crippen molar-refractivity contribution in [3.05, 3.63) is 41.3 Å². The van der Waals surface area contributed by atoms with E-state index in [-0.39, 0.29) is 18.0 Å². The molecule has 1 heterocycles. The molecule has 0 spiro atoms. The van der Waals surface area contributed by atoms with Crippen LogP contribution in [-0.2, 0) is 12.8 Å². The summed E-state index contributed by atoms with van der Waals surface area (Å²) in [5.41, 5.74) is 1.47. The normalized spacial score (nSPS) is 12.1. The summed E-state index contributed by atoms with van der Waals surface area (Å²) >= 11 is 0. The van der Waals surface area contributed by atoms with Gasteiger partial charge in [-0.15, -0.1) is 0 Å². The Morgan fingerprint density at radius 3 is 2.45 bits per heavy atom. The number of nitrogens with zero attached hydrogens (tertiary/aromatic N) is 2. The Hall–Kier alpha value is -2.34. The Morgan fingerprint density at radius 2 is 1.82 bits per heavy atom. The first-order valence-electron chi connectivity index (χ1n) is 7.34. The molecule has 0 saturated heterocycles. The molecule has 1 aromatic carbocycles. The van der Waals surface area contributed by atoms with E-state index in [0.717, 1.165) is 24.4 Å². The molecule has 0 fully saturated rings. The summed E-state index contributed by atoms with van der Waals surface area (Å²) in [5.74, 6) is 0.976. The van der Waals surface area contributed by atoms with Crippen LogP contribution in [0.4, 0.5) is 5.82 Å². The number of aromatic nitrogens is 2. The highest BCUT2D eigenvalue weighted by atomic mass is 16.3. The summed E-state index contributed by atoms with van der Waals surface area (Å²) in [6.45, 7) is 4.26. The van der Waals surface area contributed by atoms with Gasteiger partial charge in [-0.1, -0.05) is 19.9 Å². The SMILES string of the molecule is CCc1cc(NCC(O)c2ccc(O)c(O)c2)nc(CC)n1. The number of benzene rings is 1. The first-order chi connectivity index (χ1) is 10.5. The van der Waals surface area contributed by atoms with Gasteiger partial charge < -0.3 is 20.6 Å². The predicted molar refractivity (Wildman–Crippen MR) is 84.0 cm³/mol. The minimum atomic E-state index is -0.823. The Labute approximate surface area is 129 Å². The lowest BCUT2D eigenvalue weighted by atomic mass is 10.1. The number of aliphatic hydroxyl groups is 1. The zero-order valence-corrected chi connectivity index (χ0v) is 12.7. The molecule has 118 valence electrons. The maximum Gasteiger partial charge on any atom is 0.157 e. The van der Waals surface area contributed by atoms with Crippen molar-refractivity contribution in [3.63, 3.8) is 0 Å². The van der Waals surface area contributed by atoms with Crippen LogP contribution < -0.4 is 5.32 Å². The minimum absolute atomic E-state index is 0.208. The molecule has 0 aliphatic rings. The van der Waals surface area contributed by atoms with Crippen LogP contribution >= 0.6 is 0 Å². The third kappa shape index (κ3) is 3.85. The smallest absolute Gasteiger partial charge is 0.157 e. The predicted octanol–water partition coefficient (Wildman–Crippen LogP) is 2.16. The molecular formula is C16H21N3O3. The van der Waals surface area contributed by atoms with E-state index < -0.39 is 6.10 Å². The van der Waals surface area contributed by atoms with Crippen molar-refractivity contribution < 1.29 is 15.3 Å². The molecule has 22 heavy (non-hydrogen) atoms. The van der Waals surface area contributed by atoms with Gasteiger partial charge >= 0.3 is 0 Å². The summed E-state index contributed by atoms with van der Waals surface area (Å²) in [7, 11) is 0. The summed E-state index contributed by atoms with van der Waals surface area (Å²) in [4.78, 5) is 8.78. The van der Waals surface area contributed by atoms with Crippen LogP contribution in [0.1, 0.15) is 37.0 Å². The monoisotopic (exact) mass is 303 g/mol. The van der Waals surface area contributed by atoms with E-state index in [9.17, 15) is 15.3 Å². The Balaban J connectivity index is 2.07. The van der Waals surface area contributed by atoms with Gasteiger partial charge in [-0.25, -0.2) is 9.97 Å². The Bertz CT molecular complexity index is 624. The number of phenols is 2. The third-order valence-electron chi connectivity index (χ3n) is 3.36. The van der Waals surface area contributed by atoms with Crippen LogP contribution in [0.5, 0.6) is 11.5 Å². The molecule has 6 heteroatoms. The van der Waals surface area contributed by atoms with Gasteiger partial charge in [0.15, 0.2) is 11.5 Å². The standard InChI is InChI=1S/C16H21N3O3/c1-3-11-8-16(19-15(4-2)18-11)17-9-14(22)10-5-6-12(20)13(21)7-10/h5-8,14,20-22H,3-4,9H2,1-2H3,(H,17,18,19). The average Bonchev–Trinajstić information content (AvgIpc) is 2.54. The Kier molecular flexibility index (Phi) is 5.16. The summed E-state index contributed by atoms with van der Waals surface area (Å²) < 4.78 is 0. The van der Waals surface area contributed by atoms with Crippen molar-refractivity contribution in [3.8, 4) is 11.5 Å². The van der Waals surface area contributed by atoms with Gasteiger partial charge in [0.2, 0.25) is 0 Å². The lowest BCUT2D eigenvalue weighted by Gasteiger charge is -2.14. The molecule has 0 bridgehead atoms. The van der Waals surface area contributed by atoms with E-state index in [2.05, 4.69) is 15.3 Å². The number of aromatic hydroxyl groups is 2. The van der Waals surface area contributed by atoms with Gasteiger partial charge in [0.05, 0.1) is 6.10 Å². The second-order valence-corrected chi connectivity index (χ2v) is 5.01. The Morgan fingerprint density at radius 1 is 1.05 bits per heavy atom. The van der Waals surface area contributed by atoms with Crippen LogP contribution in [0.3, 0.4) is 0 Å². The molecule has 4 N–H and O–H groups in total. The molecule has 0 saturated carbocycles. The molecule has 0 amide bonds. The number of anilines is 1. The summed E-state index contributed by atoms with van der Waals surface area (Å²) in [6.07, 6.45) is 0.742. The second kappa shape index (κ2) is 7.09. The largest absolute Gasteiger partial charge is 0.504 e. The van der Waals surface area contributed by atoms with Crippen LogP contribution in [0.15, 0.2) is 24.3 Å². The molecule has 2 rings (SSSR count). The van der Waals surface area contributed by atoms with Crippen molar-refractivity contribution in [2.45, 2.75) is 32.8 Å². The number of nitrogens with one attached hydrogen (secondary N) is 1. The van der Waals surface area contributed by atoms with Gasteiger partial charge in [0.25, 0.3) is 0 Å². The lowest BCUT2D eigenvalue weighted by Crippen LogP contribution is -2.14. The first-order valence-corrected chi connectivity index (χ1v) is 7.34. The van der Waals surface area contributed by atoms with Crippen LogP contribution in [0.25, 0.3) is 0 Å². The number of aryl methyl sites for hydroxylation is 2. The summed E-state index contributed by atoms with van der Waals surface area (Å²) in [5, 5.41) is 32.0. The van der Waals surface area contributed by atoms with E-state index in [0.29, 0.717) is 11.4 Å². The number of rotatable bonds is 6. The molecule has 1 aromatic heterocycles. The van der Waals surface area contributed by atoms with Crippen molar-refractivity contribution in [2.75, 3.05) is 11.9 Å². The number of aliphatic hydroxyl groups excluding tert-OH is 1. The number of phenolic OH excluding ortho intramolecular Hbond substituents is 2. The van der Waals surface area contributed by atoms with Gasteiger partial charge in [0, 0.05) is 24.7 Å². The minimum Gasteiger partial charge on any atom is -0.504 e. The van der Waals surface area contributed by atoms with Crippen molar-refractivity contribution in [1.82, 2.24) is 9.97 Å². The van der Waals surface area contributed by atoms with Gasteiger partial charge in [-0.3, -0.25) is 0 Å². The first kappa shape index (κ1) is 16.0. The molecule has 0 radical (unpaired) electrons. The zero-order valence-electron chi connectivity index (χ0n) is 12.7. The van der Waals surface area contributed by atoms with Gasteiger partial charge in [0.1, 0.15) is 11.6 Å². The second-order valence-electron chi connectivity index (χ2n) is 5.01. The molecule has 6 nitrogen and oxygen atoms in total. The van der Waals surface area contributed by atoms with Gasteiger partial charge in [-0.05, 0) is 24.1 Å². The highest BCUT2D eigenvalue weighted by Crippen LogP contribution is 2.27. The van der Waals surface area contributed by atoms with E-state index in [1.165, 1.54) is 12.1 Å². The molecule has 1 atom stereocenters. The number of hydrogen-bond acceptors (Lipinski definition) is 6. The molecule has 0 aliphatic heterocycles. The maximum atomic E-state index is 10.2. The lowest BCUT2D eigenvalue weighted by molar-refractivity contribution is 0.191. The topological polar surface area (TPSA) is 98.5 Å². The number of hydrogen-bond donors (Lipinski definition) is 4. The van der Waals surface area contributed by atoms with Crippen molar-refractivity contribution >= 4 is 5.82 Å². The van der Waals surface area contributed by atoms with E-state index >= 15 is 0 Å².